The van der Waals surface area contributed by atoms with Crippen LogP contribution < -0.4 is 19.9 Å². The maximum absolute atomic E-state index is 12.5. The molecule has 0 saturated carbocycles. The fourth-order valence-electron chi connectivity index (χ4n) is 4.30. The first-order valence-corrected chi connectivity index (χ1v) is 12.3. The van der Waals surface area contributed by atoms with Crippen molar-refractivity contribution in [2.24, 2.45) is 5.73 Å². The van der Waals surface area contributed by atoms with E-state index in [0.29, 0.717) is 34.5 Å². The summed E-state index contributed by atoms with van der Waals surface area (Å²) in [4.78, 5) is 12.5. The summed E-state index contributed by atoms with van der Waals surface area (Å²) in [5, 5.41) is 10.5. The van der Waals surface area contributed by atoms with Gasteiger partial charge in [0.25, 0.3) is 0 Å². The normalized spacial score (nSPS) is 14.2. The Kier molecular flexibility index (Phi) is 7.30. The van der Waals surface area contributed by atoms with Crippen molar-refractivity contribution < 1.29 is 19.0 Å². The van der Waals surface area contributed by atoms with Crippen LogP contribution in [0.1, 0.15) is 28.2 Å². The molecule has 0 bridgehead atoms. The number of halogens is 1. The van der Waals surface area contributed by atoms with Crippen molar-refractivity contribution in [1.82, 2.24) is 0 Å². The number of nitrogens with zero attached hydrogens (tertiary/aromatic N) is 1. The highest BCUT2D eigenvalue weighted by Gasteiger charge is 2.31. The highest BCUT2D eigenvalue weighted by molar-refractivity contribution is 6.30. The van der Waals surface area contributed by atoms with Crippen LogP contribution >= 0.6 is 11.6 Å². The number of carbonyl (C=O) groups excluding carboxylic acids is 1. The minimum absolute atomic E-state index is 0.00486. The first-order chi connectivity index (χ1) is 18.5. The fourth-order valence-corrected chi connectivity index (χ4v) is 4.43. The standard InChI is InChI=1S/C31H23ClN2O4/c32-23-11-9-20(10-12-23)15-29(35)37-25-13-14-26-28(17-25)38-31(34)27(18-33)30(26)22-7-4-8-24(16-22)36-19-21-5-2-1-3-6-21/h1-14,16-17,30H,15,19,34H2. The molecule has 7 heteroatoms. The summed E-state index contributed by atoms with van der Waals surface area (Å²) in [7, 11) is 0. The minimum atomic E-state index is -0.470. The molecular formula is C31H23ClN2O4. The average molecular weight is 523 g/mol. The summed E-state index contributed by atoms with van der Waals surface area (Å²) in [5.41, 5.74) is 9.84. The van der Waals surface area contributed by atoms with Gasteiger partial charge >= 0.3 is 5.97 Å². The summed E-state index contributed by atoms with van der Waals surface area (Å²) < 4.78 is 17.3. The van der Waals surface area contributed by atoms with Crippen LogP contribution in [0.5, 0.6) is 17.2 Å². The van der Waals surface area contributed by atoms with Crippen LogP contribution in [0.3, 0.4) is 0 Å². The SMILES string of the molecule is N#CC1=C(N)Oc2cc(OC(=O)Cc3ccc(Cl)cc3)ccc2C1c1cccc(OCc2ccccc2)c1. The summed E-state index contributed by atoms with van der Waals surface area (Å²) in [5.74, 6) is 0.508. The van der Waals surface area contributed by atoms with Crippen LogP contribution in [0.15, 0.2) is 109 Å². The number of rotatable bonds is 7. The molecule has 6 nitrogen and oxygen atoms in total. The molecule has 1 aliphatic rings. The monoisotopic (exact) mass is 522 g/mol. The van der Waals surface area contributed by atoms with Crippen LogP contribution in [0.25, 0.3) is 0 Å². The Morgan fingerprint density at radius 1 is 0.921 bits per heavy atom. The molecule has 0 aromatic heterocycles. The summed E-state index contributed by atoms with van der Waals surface area (Å²) in [6.07, 6.45) is 0.0914. The Balaban J connectivity index is 1.38. The van der Waals surface area contributed by atoms with E-state index in [0.717, 1.165) is 22.3 Å². The van der Waals surface area contributed by atoms with Gasteiger partial charge in [-0.05, 0) is 47.0 Å². The van der Waals surface area contributed by atoms with Gasteiger partial charge in [0.05, 0.1) is 12.3 Å². The Hall–Kier alpha value is -4.73. The molecule has 0 aliphatic carbocycles. The molecule has 0 amide bonds. The number of benzene rings is 4. The van der Waals surface area contributed by atoms with E-state index in [2.05, 4.69) is 6.07 Å². The van der Waals surface area contributed by atoms with Crippen LogP contribution in [-0.2, 0) is 17.8 Å². The van der Waals surface area contributed by atoms with Gasteiger partial charge in [0.1, 0.15) is 35.5 Å². The largest absolute Gasteiger partial charge is 0.489 e. The van der Waals surface area contributed by atoms with E-state index in [-0.39, 0.29) is 12.3 Å². The second-order valence-corrected chi connectivity index (χ2v) is 9.18. The third kappa shape index (κ3) is 5.64. The highest BCUT2D eigenvalue weighted by atomic mass is 35.5. The quantitative estimate of drug-likeness (QED) is 0.226. The predicted molar refractivity (Wildman–Crippen MR) is 144 cm³/mol. The lowest BCUT2D eigenvalue weighted by Gasteiger charge is -2.27. The molecular weight excluding hydrogens is 500 g/mol. The van der Waals surface area contributed by atoms with Crippen LogP contribution in [0.2, 0.25) is 5.02 Å². The van der Waals surface area contributed by atoms with E-state index in [1.165, 1.54) is 0 Å². The Morgan fingerprint density at radius 2 is 1.71 bits per heavy atom. The van der Waals surface area contributed by atoms with Gasteiger partial charge < -0.3 is 19.9 Å². The van der Waals surface area contributed by atoms with Gasteiger partial charge in [0, 0.05) is 16.7 Å². The van der Waals surface area contributed by atoms with Gasteiger partial charge in [-0.1, -0.05) is 72.3 Å². The number of allylic oxidation sites excluding steroid dienone is 1. The van der Waals surface area contributed by atoms with Gasteiger partial charge in [-0.15, -0.1) is 0 Å². The van der Waals surface area contributed by atoms with Crippen LogP contribution in [0, 0.1) is 11.3 Å². The lowest BCUT2D eigenvalue weighted by atomic mass is 9.83. The summed E-state index contributed by atoms with van der Waals surface area (Å²) in [6.45, 7) is 0.419. The third-order valence-electron chi connectivity index (χ3n) is 6.12. The molecule has 1 aliphatic heterocycles. The van der Waals surface area contributed by atoms with Gasteiger partial charge in [-0.2, -0.15) is 5.26 Å². The van der Waals surface area contributed by atoms with Crippen molar-refractivity contribution in [1.29, 1.82) is 5.26 Å². The van der Waals surface area contributed by atoms with E-state index in [9.17, 15) is 10.1 Å². The number of carbonyl (C=O) groups is 1. The van der Waals surface area contributed by atoms with Gasteiger partial charge in [-0.25, -0.2) is 0 Å². The number of esters is 1. The van der Waals surface area contributed by atoms with Crippen molar-refractivity contribution in [3.05, 3.63) is 136 Å². The van der Waals surface area contributed by atoms with Crippen molar-refractivity contribution >= 4 is 17.6 Å². The zero-order valence-electron chi connectivity index (χ0n) is 20.3. The molecule has 1 atom stereocenters. The number of ether oxygens (including phenoxy) is 3. The first kappa shape index (κ1) is 24.9. The van der Waals surface area contributed by atoms with Crippen molar-refractivity contribution in [3.8, 4) is 23.3 Å². The lowest BCUT2D eigenvalue weighted by molar-refractivity contribution is -0.133. The molecule has 1 unspecified atom stereocenters. The fraction of sp³-hybridized carbons (Fsp3) is 0.0968. The van der Waals surface area contributed by atoms with E-state index in [1.807, 2.05) is 54.6 Å². The number of nitriles is 1. The molecule has 4 aromatic carbocycles. The molecule has 0 spiro atoms. The molecule has 0 radical (unpaired) electrons. The number of nitrogens with two attached hydrogens (primary N) is 1. The Bertz CT molecular complexity index is 1540. The van der Waals surface area contributed by atoms with E-state index < -0.39 is 11.9 Å². The van der Waals surface area contributed by atoms with Crippen molar-refractivity contribution in [2.75, 3.05) is 0 Å². The zero-order chi connectivity index (χ0) is 26.5. The van der Waals surface area contributed by atoms with Crippen molar-refractivity contribution in [3.63, 3.8) is 0 Å². The number of hydrogen-bond acceptors (Lipinski definition) is 6. The first-order valence-electron chi connectivity index (χ1n) is 11.9. The van der Waals surface area contributed by atoms with Gasteiger partial charge in [0.2, 0.25) is 5.88 Å². The zero-order valence-corrected chi connectivity index (χ0v) is 21.0. The summed E-state index contributed by atoms with van der Waals surface area (Å²) in [6, 6.07) is 31.7. The third-order valence-corrected chi connectivity index (χ3v) is 6.38. The molecule has 5 rings (SSSR count). The molecule has 188 valence electrons. The molecule has 4 aromatic rings. The number of fused-ring (bicyclic) bond motifs is 1. The lowest BCUT2D eigenvalue weighted by Crippen LogP contribution is -2.21. The minimum Gasteiger partial charge on any atom is -0.489 e. The Labute approximate surface area is 225 Å². The summed E-state index contributed by atoms with van der Waals surface area (Å²) >= 11 is 5.91. The van der Waals surface area contributed by atoms with E-state index in [1.54, 1.807) is 42.5 Å². The van der Waals surface area contributed by atoms with Crippen LogP contribution in [-0.4, -0.2) is 5.97 Å². The Morgan fingerprint density at radius 3 is 2.47 bits per heavy atom. The smallest absolute Gasteiger partial charge is 0.315 e. The maximum Gasteiger partial charge on any atom is 0.315 e. The second-order valence-electron chi connectivity index (χ2n) is 8.75. The highest BCUT2D eigenvalue weighted by Crippen LogP contribution is 2.44. The average Bonchev–Trinajstić information content (AvgIpc) is 2.93. The van der Waals surface area contributed by atoms with Gasteiger partial charge in [0.15, 0.2) is 0 Å². The predicted octanol–water partition coefficient (Wildman–Crippen LogP) is 6.29. The molecule has 0 fully saturated rings. The maximum atomic E-state index is 12.5. The number of hydrogen-bond donors (Lipinski definition) is 1. The topological polar surface area (TPSA) is 94.6 Å². The van der Waals surface area contributed by atoms with E-state index in [4.69, 9.17) is 31.5 Å². The molecule has 1 heterocycles. The molecule has 0 saturated heterocycles. The van der Waals surface area contributed by atoms with Crippen molar-refractivity contribution in [2.45, 2.75) is 18.9 Å². The molecule has 2 N–H and O–H groups in total. The van der Waals surface area contributed by atoms with Gasteiger partial charge in [-0.3, -0.25) is 4.79 Å². The molecule has 38 heavy (non-hydrogen) atoms. The van der Waals surface area contributed by atoms with E-state index >= 15 is 0 Å². The van der Waals surface area contributed by atoms with Crippen LogP contribution in [0.4, 0.5) is 0 Å². The second kappa shape index (κ2) is 11.1.